The Morgan fingerprint density at radius 2 is 2.30 bits per heavy atom. The van der Waals surface area contributed by atoms with Gasteiger partial charge < -0.3 is 9.52 Å². The van der Waals surface area contributed by atoms with Crippen LogP contribution in [0, 0.1) is 6.92 Å². The van der Waals surface area contributed by atoms with Gasteiger partial charge in [-0.15, -0.1) is 11.8 Å². The first-order valence-electron chi connectivity index (χ1n) is 6.19. The first-order valence-corrected chi connectivity index (χ1v) is 7.23. The van der Waals surface area contributed by atoms with Crippen molar-refractivity contribution in [1.82, 2.24) is 5.32 Å². The highest BCUT2D eigenvalue weighted by Crippen LogP contribution is 2.32. The van der Waals surface area contributed by atoms with Crippen molar-refractivity contribution in [2.75, 3.05) is 5.75 Å². The van der Waals surface area contributed by atoms with E-state index < -0.39 is 12.0 Å². The van der Waals surface area contributed by atoms with Crippen LogP contribution in [0.25, 0.3) is 11.0 Å². The van der Waals surface area contributed by atoms with Crippen LogP contribution in [-0.2, 0) is 4.79 Å². The maximum absolute atomic E-state index is 12.5. The van der Waals surface area contributed by atoms with Crippen molar-refractivity contribution in [2.24, 2.45) is 0 Å². The zero-order chi connectivity index (χ0) is 14.3. The molecule has 20 heavy (non-hydrogen) atoms. The molecule has 1 aliphatic heterocycles. The minimum atomic E-state index is -0.902. The summed E-state index contributed by atoms with van der Waals surface area (Å²) in [4.78, 5) is 23.4. The molecular weight excluding hydrogens is 278 g/mol. The monoisotopic (exact) mass is 291 g/mol. The summed E-state index contributed by atoms with van der Waals surface area (Å²) >= 11 is 1.41. The van der Waals surface area contributed by atoms with Crippen LogP contribution in [0.5, 0.6) is 0 Å². The average Bonchev–Trinajstić information content (AvgIpc) is 2.89. The molecule has 2 N–H and O–H groups in total. The molecule has 1 fully saturated rings. The molecule has 5 nitrogen and oxygen atoms in total. The van der Waals surface area contributed by atoms with E-state index in [0.29, 0.717) is 22.3 Å². The molecule has 2 aromatic rings. The predicted octanol–water partition coefficient (Wildman–Crippen LogP) is 1.89. The molecule has 0 unspecified atom stereocenters. The number of aryl methyl sites for hydroxylation is 1. The van der Waals surface area contributed by atoms with Gasteiger partial charge in [-0.1, -0.05) is 11.6 Å². The van der Waals surface area contributed by atoms with Crippen molar-refractivity contribution in [1.29, 1.82) is 0 Å². The molecule has 6 heteroatoms. The largest absolute Gasteiger partial charge is 0.480 e. The lowest BCUT2D eigenvalue weighted by Crippen LogP contribution is -2.34. The van der Waals surface area contributed by atoms with Gasteiger partial charge in [0.25, 0.3) is 0 Å². The topological polar surface area (TPSA) is 79.5 Å². The first-order chi connectivity index (χ1) is 9.56. The molecule has 0 bridgehead atoms. The van der Waals surface area contributed by atoms with Crippen LogP contribution in [0.3, 0.4) is 0 Å². The molecular formula is C14H13NO4S. The number of hydrogen-bond acceptors (Lipinski definition) is 5. The quantitative estimate of drug-likeness (QED) is 0.879. The maximum Gasteiger partial charge on any atom is 0.321 e. The third-order valence-corrected chi connectivity index (χ3v) is 4.57. The van der Waals surface area contributed by atoms with Crippen LogP contribution >= 0.6 is 11.8 Å². The summed E-state index contributed by atoms with van der Waals surface area (Å²) in [5.41, 5.74) is 1.89. The Morgan fingerprint density at radius 3 is 3.00 bits per heavy atom. The van der Waals surface area contributed by atoms with Gasteiger partial charge in [-0.25, -0.2) is 0 Å². The summed E-state index contributed by atoms with van der Waals surface area (Å²) in [6, 6.07) is 4.82. The van der Waals surface area contributed by atoms with E-state index in [2.05, 4.69) is 5.32 Å². The van der Waals surface area contributed by atoms with E-state index >= 15 is 0 Å². The number of hydrogen-bond donors (Lipinski definition) is 2. The van der Waals surface area contributed by atoms with Crippen LogP contribution < -0.4 is 10.7 Å². The molecule has 1 aromatic carbocycles. The van der Waals surface area contributed by atoms with Crippen LogP contribution in [0.15, 0.2) is 33.7 Å². The molecule has 1 saturated heterocycles. The third kappa shape index (κ3) is 2.21. The van der Waals surface area contributed by atoms with Gasteiger partial charge >= 0.3 is 5.97 Å². The molecule has 104 valence electrons. The van der Waals surface area contributed by atoms with Crippen molar-refractivity contribution in [3.8, 4) is 0 Å². The Morgan fingerprint density at radius 1 is 1.50 bits per heavy atom. The normalized spacial score (nSPS) is 22.2. The summed E-state index contributed by atoms with van der Waals surface area (Å²) in [7, 11) is 0. The van der Waals surface area contributed by atoms with E-state index in [9.17, 15) is 9.59 Å². The Balaban J connectivity index is 2.03. The highest BCUT2D eigenvalue weighted by Gasteiger charge is 2.32. The van der Waals surface area contributed by atoms with E-state index in [4.69, 9.17) is 9.52 Å². The zero-order valence-corrected chi connectivity index (χ0v) is 11.6. The van der Waals surface area contributed by atoms with Crippen molar-refractivity contribution >= 4 is 28.7 Å². The summed E-state index contributed by atoms with van der Waals surface area (Å²) in [6.07, 6.45) is 1.43. The number of benzene rings is 1. The van der Waals surface area contributed by atoms with Gasteiger partial charge in [-0.05, 0) is 19.1 Å². The van der Waals surface area contributed by atoms with Crippen molar-refractivity contribution in [2.45, 2.75) is 18.3 Å². The van der Waals surface area contributed by atoms with Gasteiger partial charge in [0.05, 0.1) is 16.3 Å². The minimum absolute atomic E-state index is 0.106. The molecule has 2 heterocycles. The van der Waals surface area contributed by atoms with E-state index in [1.54, 1.807) is 12.1 Å². The smallest absolute Gasteiger partial charge is 0.321 e. The van der Waals surface area contributed by atoms with E-state index in [-0.39, 0.29) is 10.8 Å². The van der Waals surface area contributed by atoms with Gasteiger partial charge in [0.2, 0.25) is 0 Å². The van der Waals surface area contributed by atoms with Crippen LogP contribution in [0.2, 0.25) is 0 Å². The lowest BCUT2D eigenvalue weighted by Gasteiger charge is -2.10. The number of thioether (sulfide) groups is 1. The van der Waals surface area contributed by atoms with E-state index in [1.165, 1.54) is 18.0 Å². The second kappa shape index (κ2) is 4.96. The molecule has 1 aliphatic rings. The fourth-order valence-electron chi connectivity index (χ4n) is 2.23. The third-order valence-electron chi connectivity index (χ3n) is 3.32. The van der Waals surface area contributed by atoms with Crippen molar-refractivity contribution < 1.29 is 14.3 Å². The summed E-state index contributed by atoms with van der Waals surface area (Å²) in [5, 5.41) is 12.1. The summed E-state index contributed by atoms with van der Waals surface area (Å²) in [5.74, 6) is -0.466. The number of rotatable bonds is 2. The number of carbonyl (C=O) groups is 1. The molecule has 0 amide bonds. The number of carboxylic acids is 1. The van der Waals surface area contributed by atoms with Crippen LogP contribution in [-0.4, -0.2) is 22.9 Å². The van der Waals surface area contributed by atoms with Crippen LogP contribution in [0.4, 0.5) is 0 Å². The Bertz CT molecular complexity index is 740. The number of nitrogens with one attached hydrogen (secondary N) is 1. The van der Waals surface area contributed by atoms with E-state index in [0.717, 1.165) is 5.56 Å². The zero-order valence-electron chi connectivity index (χ0n) is 10.8. The number of carboxylic acid groups (broad SMARTS) is 1. The molecule has 0 spiro atoms. The molecule has 3 rings (SSSR count). The summed E-state index contributed by atoms with van der Waals surface area (Å²) < 4.78 is 5.49. The molecule has 0 aliphatic carbocycles. The predicted molar refractivity (Wildman–Crippen MR) is 77.0 cm³/mol. The fourth-order valence-corrected chi connectivity index (χ4v) is 3.46. The minimum Gasteiger partial charge on any atom is -0.480 e. The Hall–Kier alpha value is -1.79. The highest BCUT2D eigenvalue weighted by atomic mass is 32.2. The van der Waals surface area contributed by atoms with Gasteiger partial charge in [0.1, 0.15) is 17.9 Å². The van der Waals surface area contributed by atoms with Gasteiger partial charge in [0, 0.05) is 5.75 Å². The van der Waals surface area contributed by atoms with Crippen LogP contribution in [0.1, 0.15) is 16.5 Å². The number of aliphatic carboxylic acids is 1. The Labute approximate surface area is 119 Å². The first kappa shape index (κ1) is 13.2. The SMILES string of the molecule is Cc1ccc2occ([C@@H]3N[C@@H](C(=O)O)CS3)c(=O)c2c1. The summed E-state index contributed by atoms with van der Waals surface area (Å²) in [6.45, 7) is 1.91. The standard InChI is InChI=1S/C14H13NO4S/c1-7-2-3-11-8(4-7)12(16)9(5-19-11)13-15-10(6-20-13)14(17)18/h2-5,10,13,15H,6H2,1H3,(H,17,18)/t10-,13-/m1/s1. The second-order valence-electron chi connectivity index (χ2n) is 4.79. The Kier molecular flexibility index (Phi) is 3.27. The van der Waals surface area contributed by atoms with Gasteiger partial charge in [-0.3, -0.25) is 14.9 Å². The fraction of sp³-hybridized carbons (Fsp3) is 0.286. The lowest BCUT2D eigenvalue weighted by molar-refractivity contribution is -0.138. The molecule has 2 atom stereocenters. The molecule has 1 aromatic heterocycles. The average molecular weight is 291 g/mol. The van der Waals surface area contributed by atoms with Crippen molar-refractivity contribution in [3.63, 3.8) is 0 Å². The maximum atomic E-state index is 12.5. The molecule has 0 saturated carbocycles. The number of fused-ring (bicyclic) bond motifs is 1. The van der Waals surface area contributed by atoms with Gasteiger partial charge in [-0.2, -0.15) is 0 Å². The lowest BCUT2D eigenvalue weighted by atomic mass is 10.1. The van der Waals surface area contributed by atoms with Crippen molar-refractivity contribution in [3.05, 3.63) is 45.8 Å². The van der Waals surface area contributed by atoms with E-state index in [1.807, 2.05) is 13.0 Å². The molecule has 0 radical (unpaired) electrons. The second-order valence-corrected chi connectivity index (χ2v) is 5.93. The van der Waals surface area contributed by atoms with Gasteiger partial charge in [0.15, 0.2) is 5.43 Å². The highest BCUT2D eigenvalue weighted by molar-refractivity contribution is 7.99.